The quantitative estimate of drug-likeness (QED) is 0.410. The summed E-state index contributed by atoms with van der Waals surface area (Å²) in [7, 11) is 0. The first-order valence-electron chi connectivity index (χ1n) is 10.9. The van der Waals surface area contributed by atoms with Crippen molar-refractivity contribution in [3.05, 3.63) is 110 Å². The summed E-state index contributed by atoms with van der Waals surface area (Å²) in [6, 6.07) is 20.4. The van der Waals surface area contributed by atoms with Crippen molar-refractivity contribution in [1.82, 2.24) is 9.78 Å². The summed E-state index contributed by atoms with van der Waals surface area (Å²) in [6.07, 6.45) is 1.06. The number of thiophene rings is 1. The van der Waals surface area contributed by atoms with Gasteiger partial charge in [-0.2, -0.15) is 0 Å². The molecule has 2 aromatic carbocycles. The molecule has 4 aromatic rings. The first-order chi connectivity index (χ1) is 16.1. The number of fused-ring (bicyclic) bond motifs is 1. The minimum absolute atomic E-state index is 0.00733. The number of phenolic OH excluding ortho intramolecular Hbond substituents is 1. The number of H-pyrrole nitrogens is 1. The van der Waals surface area contributed by atoms with Crippen LogP contribution in [0, 0.1) is 0 Å². The Labute approximate surface area is 193 Å². The van der Waals surface area contributed by atoms with Crippen molar-refractivity contribution in [1.29, 1.82) is 0 Å². The average Bonchev–Trinajstić information content (AvgIpc) is 3.47. The number of carbonyl (C=O) groups excluding carboxylic acids is 1. The zero-order valence-electron chi connectivity index (χ0n) is 17.6. The molecule has 2 atom stereocenters. The number of aromatic amines is 1. The molecule has 2 aliphatic rings. The fraction of sp³-hybridized carbons (Fsp3) is 0.154. The van der Waals surface area contributed by atoms with Crippen LogP contribution in [0.3, 0.4) is 0 Å². The van der Waals surface area contributed by atoms with Crippen LogP contribution in [-0.4, -0.2) is 20.7 Å². The van der Waals surface area contributed by atoms with Gasteiger partial charge in [-0.05, 0) is 36.1 Å². The van der Waals surface area contributed by atoms with Gasteiger partial charge in [0.1, 0.15) is 11.6 Å². The van der Waals surface area contributed by atoms with E-state index in [1.807, 2.05) is 47.8 Å². The Kier molecular flexibility index (Phi) is 4.58. The van der Waals surface area contributed by atoms with E-state index >= 15 is 0 Å². The predicted octanol–water partition coefficient (Wildman–Crippen LogP) is 4.89. The molecule has 1 aliphatic carbocycles. The maximum Gasteiger partial charge on any atom is 0.277 e. The average molecular weight is 456 g/mol. The lowest BCUT2D eigenvalue weighted by molar-refractivity contribution is -0.116. The first-order valence-corrected chi connectivity index (χ1v) is 11.7. The van der Waals surface area contributed by atoms with Crippen molar-refractivity contribution < 1.29 is 9.90 Å². The molecule has 0 bridgehead atoms. The number of Topliss-reactive ketones (excluding diaryl/α,β-unsaturated/α-hetero) is 1. The Morgan fingerprint density at radius 3 is 2.48 bits per heavy atom. The molecule has 7 heteroatoms. The molecule has 6 nitrogen and oxygen atoms in total. The van der Waals surface area contributed by atoms with Crippen LogP contribution in [-0.2, 0) is 4.79 Å². The van der Waals surface area contributed by atoms with Gasteiger partial charge in [0, 0.05) is 34.0 Å². The molecule has 2 aromatic heterocycles. The summed E-state index contributed by atoms with van der Waals surface area (Å²) in [6.45, 7) is 0. The molecule has 3 heterocycles. The summed E-state index contributed by atoms with van der Waals surface area (Å²) in [4.78, 5) is 28.3. The van der Waals surface area contributed by atoms with Gasteiger partial charge in [0.05, 0.1) is 17.2 Å². The summed E-state index contributed by atoms with van der Waals surface area (Å²) in [5.74, 6) is 0.104. The first kappa shape index (κ1) is 19.8. The third kappa shape index (κ3) is 3.15. The van der Waals surface area contributed by atoms with Crippen LogP contribution in [0.2, 0.25) is 0 Å². The molecule has 0 radical (unpaired) electrons. The topological polar surface area (TPSA) is 87.1 Å². The van der Waals surface area contributed by atoms with E-state index in [0.29, 0.717) is 41.0 Å². The Bertz CT molecular complexity index is 1450. The summed E-state index contributed by atoms with van der Waals surface area (Å²) in [5, 5.41) is 19.3. The second-order valence-corrected chi connectivity index (χ2v) is 9.41. The normalized spacial score (nSPS) is 19.7. The Morgan fingerprint density at radius 2 is 1.73 bits per heavy atom. The number of para-hydroxylation sites is 2. The third-order valence-corrected chi connectivity index (χ3v) is 7.53. The van der Waals surface area contributed by atoms with Gasteiger partial charge in [-0.1, -0.05) is 42.5 Å². The minimum atomic E-state index is -0.636. The molecule has 33 heavy (non-hydrogen) atoms. The second-order valence-electron chi connectivity index (χ2n) is 8.43. The predicted molar refractivity (Wildman–Crippen MR) is 128 cm³/mol. The maximum atomic E-state index is 13.6. The number of ketones is 1. The lowest BCUT2D eigenvalue weighted by Gasteiger charge is -2.34. The van der Waals surface area contributed by atoms with Gasteiger partial charge in [-0.15, -0.1) is 11.3 Å². The molecular formula is C26H21N3O3S. The smallest absolute Gasteiger partial charge is 0.277 e. The standard InChI is InChI=1S/C26H21N3O3S/c30-19-10-5-4-9-17(19)22-23-18(13-15(14-20(23)31)21-11-6-12-33-21)27-25-24(22)26(32)29(28-25)16-7-2-1-3-8-16/h1-12,15,22,27-28,30H,13-14H2. The van der Waals surface area contributed by atoms with Crippen molar-refractivity contribution in [3.63, 3.8) is 0 Å². The zero-order valence-corrected chi connectivity index (χ0v) is 18.4. The number of nitrogens with one attached hydrogen (secondary N) is 2. The lowest BCUT2D eigenvalue weighted by Crippen LogP contribution is -2.31. The fourth-order valence-corrected chi connectivity index (χ4v) is 5.85. The van der Waals surface area contributed by atoms with Gasteiger partial charge < -0.3 is 10.4 Å². The van der Waals surface area contributed by atoms with Gasteiger partial charge in [-0.3, -0.25) is 14.7 Å². The minimum Gasteiger partial charge on any atom is -0.508 e. The number of rotatable bonds is 3. The van der Waals surface area contributed by atoms with Crippen LogP contribution >= 0.6 is 11.3 Å². The van der Waals surface area contributed by atoms with Gasteiger partial charge in [0.2, 0.25) is 0 Å². The number of benzene rings is 2. The second kappa shape index (κ2) is 7.64. The molecule has 0 saturated carbocycles. The molecule has 0 saturated heterocycles. The molecule has 0 spiro atoms. The van der Waals surface area contributed by atoms with Crippen LogP contribution in [0.25, 0.3) is 5.69 Å². The van der Waals surface area contributed by atoms with Gasteiger partial charge in [-0.25, -0.2) is 4.68 Å². The number of anilines is 1. The number of aromatic nitrogens is 2. The van der Waals surface area contributed by atoms with E-state index in [2.05, 4.69) is 16.5 Å². The maximum absolute atomic E-state index is 13.6. The molecule has 1 aliphatic heterocycles. The summed E-state index contributed by atoms with van der Waals surface area (Å²) in [5.41, 5.74) is 2.86. The monoisotopic (exact) mass is 455 g/mol. The summed E-state index contributed by atoms with van der Waals surface area (Å²) < 4.78 is 1.49. The number of allylic oxidation sites excluding steroid dienone is 2. The van der Waals surface area contributed by atoms with Crippen molar-refractivity contribution in [2.45, 2.75) is 24.7 Å². The number of nitrogens with zero attached hydrogens (tertiary/aromatic N) is 1. The van der Waals surface area contributed by atoms with Gasteiger partial charge in [0.15, 0.2) is 5.78 Å². The zero-order chi connectivity index (χ0) is 22.5. The van der Waals surface area contributed by atoms with Gasteiger partial charge >= 0.3 is 0 Å². The highest BCUT2D eigenvalue weighted by molar-refractivity contribution is 7.10. The van der Waals surface area contributed by atoms with Crippen molar-refractivity contribution >= 4 is 22.9 Å². The summed E-state index contributed by atoms with van der Waals surface area (Å²) >= 11 is 1.66. The Balaban J connectivity index is 1.55. The van der Waals surface area contributed by atoms with E-state index < -0.39 is 5.92 Å². The highest BCUT2D eigenvalue weighted by atomic mass is 32.1. The van der Waals surface area contributed by atoms with E-state index in [1.165, 1.54) is 9.56 Å². The molecule has 3 N–H and O–H groups in total. The van der Waals surface area contributed by atoms with E-state index in [-0.39, 0.29) is 23.0 Å². The van der Waals surface area contributed by atoms with Crippen molar-refractivity contribution in [2.24, 2.45) is 0 Å². The highest BCUT2D eigenvalue weighted by Crippen LogP contribution is 2.48. The van der Waals surface area contributed by atoms with Crippen LogP contribution in [0.15, 0.2) is 88.2 Å². The number of phenols is 1. The van der Waals surface area contributed by atoms with E-state index in [1.54, 1.807) is 29.5 Å². The highest BCUT2D eigenvalue weighted by Gasteiger charge is 2.42. The van der Waals surface area contributed by atoms with Crippen molar-refractivity contribution in [2.75, 3.05) is 5.32 Å². The SMILES string of the molecule is O=C1CC(c2cccs2)CC2=C1C(c1ccccc1O)c1c([nH]n(-c3ccccc3)c1=O)N2. The third-order valence-electron chi connectivity index (χ3n) is 6.50. The molecule has 164 valence electrons. The molecule has 0 fully saturated rings. The van der Waals surface area contributed by atoms with E-state index in [4.69, 9.17) is 0 Å². The number of hydrogen-bond donors (Lipinski definition) is 3. The van der Waals surface area contributed by atoms with Gasteiger partial charge in [0.25, 0.3) is 5.56 Å². The van der Waals surface area contributed by atoms with E-state index in [9.17, 15) is 14.7 Å². The fourth-order valence-electron chi connectivity index (χ4n) is 5.02. The number of carbonyl (C=O) groups is 1. The lowest BCUT2D eigenvalue weighted by atomic mass is 9.73. The number of aromatic hydroxyl groups is 1. The largest absolute Gasteiger partial charge is 0.508 e. The molecule has 6 rings (SSSR count). The van der Waals surface area contributed by atoms with Crippen LogP contribution in [0.5, 0.6) is 5.75 Å². The molecule has 2 unspecified atom stereocenters. The Morgan fingerprint density at radius 1 is 0.939 bits per heavy atom. The van der Waals surface area contributed by atoms with Crippen LogP contribution in [0.4, 0.5) is 5.82 Å². The van der Waals surface area contributed by atoms with Crippen LogP contribution < -0.4 is 10.9 Å². The Hall–Kier alpha value is -3.84. The van der Waals surface area contributed by atoms with Crippen LogP contribution in [0.1, 0.15) is 40.7 Å². The molecular weight excluding hydrogens is 434 g/mol. The molecule has 0 amide bonds. The van der Waals surface area contributed by atoms with Crippen molar-refractivity contribution in [3.8, 4) is 11.4 Å². The van der Waals surface area contributed by atoms with E-state index in [0.717, 1.165) is 5.70 Å². The number of hydrogen-bond acceptors (Lipinski definition) is 5.